The normalized spacial score (nSPS) is 23.1. The SMILES string of the molecule is CC1=NC2=C(C(=O)C[C@@H](c3ccccc3)C2)[C@@H](c2ccc(Cl)c(Cl)c2)C1C(=O)OC(C)C. The van der Waals surface area contributed by atoms with Gasteiger partial charge < -0.3 is 4.74 Å². The number of nitrogens with zero attached hydrogens (tertiary/aromatic N) is 1. The van der Waals surface area contributed by atoms with Crippen molar-refractivity contribution in [3.05, 3.63) is 81.0 Å². The van der Waals surface area contributed by atoms with E-state index in [9.17, 15) is 9.59 Å². The van der Waals surface area contributed by atoms with Gasteiger partial charge in [-0.2, -0.15) is 0 Å². The first-order valence-corrected chi connectivity index (χ1v) is 11.5. The summed E-state index contributed by atoms with van der Waals surface area (Å²) in [4.78, 5) is 31.4. The van der Waals surface area contributed by atoms with Crippen molar-refractivity contribution in [2.45, 2.75) is 51.6 Å². The molecular formula is C26H25Cl2NO3. The minimum absolute atomic E-state index is 0.00905. The summed E-state index contributed by atoms with van der Waals surface area (Å²) in [5, 5.41) is 0.805. The van der Waals surface area contributed by atoms with Crippen molar-refractivity contribution >= 4 is 40.7 Å². The number of esters is 1. The van der Waals surface area contributed by atoms with Crippen LogP contribution in [0, 0.1) is 5.92 Å². The van der Waals surface area contributed by atoms with Crippen LogP contribution in [0.3, 0.4) is 0 Å². The Hall–Kier alpha value is -2.43. The maximum absolute atomic E-state index is 13.5. The molecule has 0 spiro atoms. The molecule has 0 N–H and O–H groups in total. The molecule has 3 atom stereocenters. The van der Waals surface area contributed by atoms with Crippen molar-refractivity contribution in [3.8, 4) is 0 Å². The van der Waals surface area contributed by atoms with E-state index in [1.807, 2.05) is 57.2 Å². The van der Waals surface area contributed by atoms with Gasteiger partial charge in [-0.25, -0.2) is 0 Å². The Kier molecular flexibility index (Phi) is 6.55. The average Bonchev–Trinajstić information content (AvgIpc) is 2.74. The molecule has 6 heteroatoms. The summed E-state index contributed by atoms with van der Waals surface area (Å²) in [7, 11) is 0. The maximum atomic E-state index is 13.5. The number of rotatable bonds is 4. The summed E-state index contributed by atoms with van der Waals surface area (Å²) in [5.41, 5.74) is 3.86. The number of carbonyl (C=O) groups is 2. The first kappa shape index (κ1) is 22.8. The number of aliphatic imine (C=N–C) groups is 1. The van der Waals surface area contributed by atoms with Crippen molar-refractivity contribution in [2.24, 2.45) is 10.9 Å². The summed E-state index contributed by atoms with van der Waals surface area (Å²) < 4.78 is 5.56. The van der Waals surface area contributed by atoms with E-state index in [-0.39, 0.29) is 23.8 Å². The Labute approximate surface area is 198 Å². The molecule has 0 aromatic heterocycles. The van der Waals surface area contributed by atoms with Gasteiger partial charge in [-0.1, -0.05) is 59.6 Å². The summed E-state index contributed by atoms with van der Waals surface area (Å²) >= 11 is 12.5. The van der Waals surface area contributed by atoms with Gasteiger partial charge in [0, 0.05) is 29.3 Å². The Bertz CT molecular complexity index is 1120. The van der Waals surface area contributed by atoms with Gasteiger partial charge in [0.05, 0.1) is 16.1 Å². The Balaban J connectivity index is 1.82. The summed E-state index contributed by atoms with van der Waals surface area (Å²) in [6.45, 7) is 5.45. The van der Waals surface area contributed by atoms with Crippen molar-refractivity contribution in [1.82, 2.24) is 0 Å². The zero-order chi connectivity index (χ0) is 23.0. The van der Waals surface area contributed by atoms with Gasteiger partial charge in [-0.15, -0.1) is 0 Å². The van der Waals surface area contributed by atoms with E-state index in [2.05, 4.69) is 0 Å². The van der Waals surface area contributed by atoms with Crippen LogP contribution >= 0.6 is 23.2 Å². The standard InChI is InChI=1S/C26H25Cl2NO3/c1-14(2)32-26(31)23-15(3)29-21-12-18(16-7-5-4-6-8-16)13-22(30)25(21)24(23)17-9-10-19(27)20(28)11-17/h4-11,14,18,23-24H,12-13H2,1-3H3/t18-,23?,24-/m0/s1. The maximum Gasteiger partial charge on any atom is 0.315 e. The van der Waals surface area contributed by atoms with Crippen LogP contribution in [0.4, 0.5) is 0 Å². The zero-order valence-electron chi connectivity index (χ0n) is 18.3. The topological polar surface area (TPSA) is 55.7 Å². The van der Waals surface area contributed by atoms with Crippen LogP contribution < -0.4 is 0 Å². The Morgan fingerprint density at radius 2 is 1.75 bits per heavy atom. The molecule has 4 rings (SSSR count). The minimum Gasteiger partial charge on any atom is -0.462 e. The van der Waals surface area contributed by atoms with Crippen LogP contribution in [-0.2, 0) is 14.3 Å². The number of Topliss-reactive ketones (excluding diaryl/α,β-unsaturated/α-hetero) is 1. The highest BCUT2D eigenvalue weighted by Crippen LogP contribution is 2.47. The Morgan fingerprint density at radius 3 is 2.41 bits per heavy atom. The molecule has 1 aliphatic heterocycles. The number of hydrogen-bond donors (Lipinski definition) is 0. The molecule has 1 unspecified atom stereocenters. The smallest absolute Gasteiger partial charge is 0.315 e. The van der Waals surface area contributed by atoms with Gasteiger partial charge in [0.1, 0.15) is 5.92 Å². The van der Waals surface area contributed by atoms with E-state index in [4.69, 9.17) is 32.9 Å². The molecule has 0 radical (unpaired) electrons. The molecule has 0 amide bonds. The van der Waals surface area contributed by atoms with Crippen LogP contribution in [0.1, 0.15) is 56.6 Å². The van der Waals surface area contributed by atoms with Crippen molar-refractivity contribution in [2.75, 3.05) is 0 Å². The molecule has 4 nitrogen and oxygen atoms in total. The third-order valence-corrected chi connectivity index (χ3v) is 6.81. The lowest BCUT2D eigenvalue weighted by atomic mass is 9.69. The molecule has 0 fully saturated rings. The number of ketones is 1. The van der Waals surface area contributed by atoms with E-state index in [1.54, 1.807) is 12.1 Å². The highest BCUT2D eigenvalue weighted by molar-refractivity contribution is 6.42. The zero-order valence-corrected chi connectivity index (χ0v) is 19.8. The fraction of sp³-hybridized carbons (Fsp3) is 0.346. The number of benzene rings is 2. The molecule has 2 aromatic carbocycles. The number of carbonyl (C=O) groups excluding carboxylic acids is 2. The summed E-state index contributed by atoms with van der Waals surface area (Å²) in [6, 6.07) is 15.3. The summed E-state index contributed by atoms with van der Waals surface area (Å²) in [5.74, 6) is -1.51. The van der Waals surface area contributed by atoms with E-state index < -0.39 is 11.8 Å². The van der Waals surface area contributed by atoms with Gasteiger partial charge >= 0.3 is 5.97 Å². The predicted molar refractivity (Wildman–Crippen MR) is 127 cm³/mol. The van der Waals surface area contributed by atoms with Crippen LogP contribution in [0.2, 0.25) is 10.0 Å². The largest absolute Gasteiger partial charge is 0.462 e. The average molecular weight is 470 g/mol. The van der Waals surface area contributed by atoms with Crippen LogP contribution in [0.15, 0.2) is 64.8 Å². The van der Waals surface area contributed by atoms with Crippen LogP contribution in [0.25, 0.3) is 0 Å². The molecule has 166 valence electrons. The van der Waals surface area contributed by atoms with Gasteiger partial charge in [0.25, 0.3) is 0 Å². The van der Waals surface area contributed by atoms with E-state index in [0.717, 1.165) is 16.8 Å². The molecular weight excluding hydrogens is 445 g/mol. The van der Waals surface area contributed by atoms with Gasteiger partial charge in [-0.3, -0.25) is 14.6 Å². The van der Waals surface area contributed by atoms with E-state index >= 15 is 0 Å². The molecule has 2 aliphatic rings. The highest BCUT2D eigenvalue weighted by atomic mass is 35.5. The molecule has 32 heavy (non-hydrogen) atoms. The molecule has 0 bridgehead atoms. The number of allylic oxidation sites excluding steroid dienone is 2. The third kappa shape index (κ3) is 4.39. The second-order valence-electron chi connectivity index (χ2n) is 8.67. The molecule has 1 aliphatic carbocycles. The molecule has 0 saturated heterocycles. The fourth-order valence-electron chi connectivity index (χ4n) is 4.70. The lowest BCUT2D eigenvalue weighted by molar-refractivity contribution is -0.150. The van der Waals surface area contributed by atoms with E-state index in [0.29, 0.717) is 34.2 Å². The second kappa shape index (κ2) is 9.21. The van der Waals surface area contributed by atoms with Crippen molar-refractivity contribution in [3.63, 3.8) is 0 Å². The van der Waals surface area contributed by atoms with Crippen LogP contribution in [0.5, 0.6) is 0 Å². The second-order valence-corrected chi connectivity index (χ2v) is 9.48. The van der Waals surface area contributed by atoms with Gasteiger partial charge in [0.15, 0.2) is 5.78 Å². The van der Waals surface area contributed by atoms with Crippen LogP contribution in [-0.4, -0.2) is 23.6 Å². The lowest BCUT2D eigenvalue weighted by Gasteiger charge is -2.36. The van der Waals surface area contributed by atoms with Gasteiger partial charge in [-0.05, 0) is 56.4 Å². The Morgan fingerprint density at radius 1 is 1.03 bits per heavy atom. The molecule has 2 aromatic rings. The first-order chi connectivity index (χ1) is 15.3. The fourth-order valence-corrected chi connectivity index (χ4v) is 5.00. The first-order valence-electron chi connectivity index (χ1n) is 10.8. The number of halogens is 2. The highest BCUT2D eigenvalue weighted by Gasteiger charge is 2.45. The lowest BCUT2D eigenvalue weighted by Crippen LogP contribution is -2.38. The molecule has 1 heterocycles. The third-order valence-electron chi connectivity index (χ3n) is 6.07. The number of hydrogen-bond acceptors (Lipinski definition) is 4. The summed E-state index contributed by atoms with van der Waals surface area (Å²) in [6.07, 6.45) is 0.748. The van der Waals surface area contributed by atoms with Crippen molar-refractivity contribution in [1.29, 1.82) is 0 Å². The quantitative estimate of drug-likeness (QED) is 0.478. The monoisotopic (exact) mass is 469 g/mol. The minimum atomic E-state index is -0.689. The van der Waals surface area contributed by atoms with Gasteiger partial charge in [0.2, 0.25) is 0 Å². The number of ether oxygens (including phenoxy) is 1. The van der Waals surface area contributed by atoms with E-state index in [1.165, 1.54) is 0 Å². The predicted octanol–water partition coefficient (Wildman–Crippen LogP) is 6.52. The van der Waals surface area contributed by atoms with Crippen molar-refractivity contribution < 1.29 is 14.3 Å². The molecule has 0 saturated carbocycles.